The van der Waals surface area contributed by atoms with E-state index in [4.69, 9.17) is 4.74 Å². The zero-order chi connectivity index (χ0) is 23.7. The molecular weight excluding hydrogens is 436 g/mol. The van der Waals surface area contributed by atoms with Crippen LogP contribution < -0.4 is 15.4 Å². The topological polar surface area (TPSA) is 125 Å². The van der Waals surface area contributed by atoms with Crippen LogP contribution in [0.3, 0.4) is 0 Å². The van der Waals surface area contributed by atoms with Crippen molar-refractivity contribution in [1.82, 2.24) is 14.5 Å². The van der Waals surface area contributed by atoms with E-state index in [-0.39, 0.29) is 41.9 Å². The molecule has 10 nitrogen and oxygen atoms in total. The summed E-state index contributed by atoms with van der Waals surface area (Å²) in [5.74, 6) is -0.752. The summed E-state index contributed by atoms with van der Waals surface area (Å²) < 4.78 is 32.9. The smallest absolute Gasteiger partial charge is 0.325 e. The van der Waals surface area contributed by atoms with Gasteiger partial charge in [0.15, 0.2) is 0 Å². The molecule has 1 heterocycles. The lowest BCUT2D eigenvalue weighted by atomic mass is 9.96. The van der Waals surface area contributed by atoms with Crippen molar-refractivity contribution in [2.45, 2.75) is 51.0 Å². The monoisotopic (exact) mass is 466 g/mol. The van der Waals surface area contributed by atoms with Crippen LogP contribution in [-0.2, 0) is 19.6 Å². The molecule has 3 rings (SSSR count). The number of hydrogen-bond donors (Lipinski definition) is 2. The highest BCUT2D eigenvalue weighted by molar-refractivity contribution is 7.89. The van der Waals surface area contributed by atoms with E-state index in [9.17, 15) is 22.8 Å². The molecule has 1 aliphatic heterocycles. The molecule has 11 heteroatoms. The Labute approximate surface area is 188 Å². The third-order valence-electron chi connectivity index (χ3n) is 5.85. The molecule has 1 saturated carbocycles. The van der Waals surface area contributed by atoms with Crippen LogP contribution >= 0.6 is 0 Å². The molecule has 1 aromatic rings. The van der Waals surface area contributed by atoms with Crippen LogP contribution in [0.25, 0.3) is 0 Å². The average molecular weight is 467 g/mol. The van der Waals surface area contributed by atoms with Crippen LogP contribution in [0.2, 0.25) is 0 Å². The quantitative estimate of drug-likeness (QED) is 0.507. The lowest BCUT2D eigenvalue weighted by Gasteiger charge is -2.21. The van der Waals surface area contributed by atoms with E-state index < -0.39 is 40.0 Å². The molecule has 32 heavy (non-hydrogen) atoms. The molecule has 1 saturated heterocycles. The van der Waals surface area contributed by atoms with Crippen molar-refractivity contribution in [2.75, 3.05) is 31.6 Å². The summed E-state index contributed by atoms with van der Waals surface area (Å²) in [5, 5.41) is 5.28. The van der Waals surface area contributed by atoms with Crippen molar-refractivity contribution in [1.29, 1.82) is 0 Å². The normalized spacial score (nSPS) is 21.1. The fourth-order valence-corrected chi connectivity index (χ4v) is 5.52. The minimum Gasteiger partial charge on any atom is -0.492 e. The number of rotatable bonds is 10. The zero-order valence-electron chi connectivity index (χ0n) is 18.8. The standard InChI is InChI=1S/C21H30N4O6S/c1-5-24(6-2)32(29,30)17-12-15(10-11-16(17)31-7-3)22-18(26)13-25-19(27)21(4,14-8-9-14)23-20(25)28/h10-12,14H,5-9,13H2,1-4H3,(H,22,26)(H,23,28)/t21-/m0/s1. The van der Waals surface area contributed by atoms with Gasteiger partial charge in [0.2, 0.25) is 15.9 Å². The van der Waals surface area contributed by atoms with Crippen molar-refractivity contribution in [3.05, 3.63) is 18.2 Å². The Morgan fingerprint density at radius 1 is 1.25 bits per heavy atom. The molecule has 4 amide bonds. The van der Waals surface area contributed by atoms with Crippen LogP contribution in [-0.4, -0.2) is 67.2 Å². The summed E-state index contributed by atoms with van der Waals surface area (Å²) in [6, 6.07) is 3.73. The van der Waals surface area contributed by atoms with Crippen LogP contribution in [0, 0.1) is 5.92 Å². The molecule has 0 radical (unpaired) electrons. The molecule has 0 unspecified atom stereocenters. The Bertz CT molecular complexity index is 1020. The van der Waals surface area contributed by atoms with Crippen molar-refractivity contribution >= 4 is 33.6 Å². The molecule has 0 aromatic heterocycles. The van der Waals surface area contributed by atoms with Gasteiger partial charge in [-0.15, -0.1) is 0 Å². The minimum atomic E-state index is -3.84. The predicted octanol–water partition coefficient (Wildman–Crippen LogP) is 1.77. The summed E-state index contributed by atoms with van der Waals surface area (Å²) in [4.78, 5) is 38.4. The third-order valence-corrected chi connectivity index (χ3v) is 7.92. The summed E-state index contributed by atoms with van der Waals surface area (Å²) >= 11 is 0. The van der Waals surface area contributed by atoms with E-state index in [1.165, 1.54) is 22.5 Å². The van der Waals surface area contributed by atoms with Gasteiger partial charge in [-0.05, 0) is 50.8 Å². The maximum Gasteiger partial charge on any atom is 0.325 e. The van der Waals surface area contributed by atoms with Crippen LogP contribution in [0.1, 0.15) is 40.5 Å². The largest absolute Gasteiger partial charge is 0.492 e. The van der Waals surface area contributed by atoms with E-state index in [2.05, 4.69) is 10.6 Å². The fourth-order valence-electron chi connectivity index (χ4n) is 3.91. The molecule has 0 spiro atoms. The second-order valence-corrected chi connectivity index (χ2v) is 9.94. The number of carbonyl (C=O) groups is 3. The molecule has 2 fully saturated rings. The molecule has 1 atom stereocenters. The number of nitrogens with one attached hydrogen (secondary N) is 2. The van der Waals surface area contributed by atoms with Crippen molar-refractivity contribution in [3.63, 3.8) is 0 Å². The highest BCUT2D eigenvalue weighted by Gasteiger charge is 2.56. The van der Waals surface area contributed by atoms with E-state index >= 15 is 0 Å². The first-order valence-electron chi connectivity index (χ1n) is 10.8. The Balaban J connectivity index is 1.79. The summed E-state index contributed by atoms with van der Waals surface area (Å²) in [6.07, 6.45) is 1.72. The minimum absolute atomic E-state index is 0.0582. The zero-order valence-corrected chi connectivity index (χ0v) is 19.6. The lowest BCUT2D eigenvalue weighted by Crippen LogP contribution is -2.46. The first kappa shape index (κ1) is 24.0. The summed E-state index contributed by atoms with van der Waals surface area (Å²) in [7, 11) is -3.84. The Morgan fingerprint density at radius 3 is 2.47 bits per heavy atom. The maximum absolute atomic E-state index is 13.1. The Hall–Kier alpha value is -2.66. The van der Waals surface area contributed by atoms with Gasteiger partial charge in [0.1, 0.15) is 22.7 Å². The number of amides is 4. The number of imide groups is 1. The molecule has 1 aliphatic carbocycles. The SMILES string of the molecule is CCOc1ccc(NC(=O)CN2C(=O)N[C@@](C)(C3CC3)C2=O)cc1S(=O)(=O)N(CC)CC. The number of nitrogens with zero attached hydrogens (tertiary/aromatic N) is 2. The third kappa shape index (κ3) is 4.44. The number of ether oxygens (including phenoxy) is 1. The number of sulfonamides is 1. The van der Waals surface area contributed by atoms with Crippen LogP contribution in [0.5, 0.6) is 5.75 Å². The van der Waals surface area contributed by atoms with Gasteiger partial charge in [-0.1, -0.05) is 13.8 Å². The summed E-state index contributed by atoms with van der Waals surface area (Å²) in [5.41, 5.74) is -0.747. The van der Waals surface area contributed by atoms with Gasteiger partial charge in [0.05, 0.1) is 6.61 Å². The second-order valence-electron chi connectivity index (χ2n) is 8.03. The predicted molar refractivity (Wildman–Crippen MR) is 118 cm³/mol. The molecule has 176 valence electrons. The van der Waals surface area contributed by atoms with Gasteiger partial charge < -0.3 is 15.4 Å². The van der Waals surface area contributed by atoms with Gasteiger partial charge in [-0.3, -0.25) is 14.5 Å². The van der Waals surface area contributed by atoms with Crippen LogP contribution in [0.4, 0.5) is 10.5 Å². The maximum atomic E-state index is 13.1. The highest BCUT2D eigenvalue weighted by Crippen LogP contribution is 2.42. The number of hydrogen-bond acceptors (Lipinski definition) is 6. The Morgan fingerprint density at radius 2 is 1.91 bits per heavy atom. The number of anilines is 1. The number of urea groups is 1. The van der Waals surface area contributed by atoms with E-state index in [0.29, 0.717) is 0 Å². The van der Waals surface area contributed by atoms with E-state index in [1.807, 2.05) is 0 Å². The molecule has 0 bridgehead atoms. The van der Waals surface area contributed by atoms with Gasteiger partial charge in [0.25, 0.3) is 5.91 Å². The molecule has 1 aromatic carbocycles. The van der Waals surface area contributed by atoms with Gasteiger partial charge in [-0.25, -0.2) is 13.2 Å². The second kappa shape index (κ2) is 9.07. The van der Waals surface area contributed by atoms with Crippen molar-refractivity contribution in [3.8, 4) is 5.75 Å². The summed E-state index contributed by atoms with van der Waals surface area (Å²) in [6.45, 7) is 7.29. The Kier molecular flexibility index (Phi) is 6.80. The lowest BCUT2D eigenvalue weighted by molar-refractivity contribution is -0.134. The molecular formula is C21H30N4O6S. The van der Waals surface area contributed by atoms with Crippen LogP contribution in [0.15, 0.2) is 23.1 Å². The fraction of sp³-hybridized carbons (Fsp3) is 0.571. The number of benzene rings is 1. The van der Waals surface area contributed by atoms with E-state index in [0.717, 1.165) is 17.7 Å². The number of carbonyl (C=O) groups excluding carboxylic acids is 3. The average Bonchev–Trinajstić information content (AvgIpc) is 3.56. The first-order chi connectivity index (χ1) is 15.1. The van der Waals surface area contributed by atoms with Crippen molar-refractivity contribution in [2.24, 2.45) is 5.92 Å². The highest BCUT2D eigenvalue weighted by atomic mass is 32.2. The van der Waals surface area contributed by atoms with Gasteiger partial charge in [0, 0.05) is 18.8 Å². The van der Waals surface area contributed by atoms with E-state index in [1.54, 1.807) is 27.7 Å². The van der Waals surface area contributed by atoms with Gasteiger partial charge in [-0.2, -0.15) is 4.31 Å². The van der Waals surface area contributed by atoms with Gasteiger partial charge >= 0.3 is 6.03 Å². The molecule has 2 N–H and O–H groups in total. The van der Waals surface area contributed by atoms with Crippen molar-refractivity contribution < 1.29 is 27.5 Å². The first-order valence-corrected chi connectivity index (χ1v) is 12.2. The molecule has 2 aliphatic rings.